The van der Waals surface area contributed by atoms with E-state index in [0.717, 1.165) is 61.7 Å². The Bertz CT molecular complexity index is 6770. The van der Waals surface area contributed by atoms with Gasteiger partial charge in [-0.1, -0.05) is 48.5 Å². The van der Waals surface area contributed by atoms with Gasteiger partial charge >= 0.3 is 23.9 Å². The molecule has 136 heavy (non-hydrogen) atoms. The third kappa shape index (κ3) is 21.1. The standard InChI is InChI=1S/C25H22FN3O5.2C24H20FN3O5.C19H17FN2O5.C6H6ClN.ClH/c1-31-21-9-6-15-13-29(25-28-19-8-7-16(26)11-22(19)34-25)20(24(30)32-2)12-18(15)23(21)33-14-17-5-3-4-10-27-17;2*1-31-20-8-5-14-12-28(24-27-18-7-6-15(25)10-21(18)33-24)19(23(29)30)11-17(14)22(20)32-13-16-4-2-3-9-26-16;1-25-15-6-3-10-9-22(14(18(24)26-2)8-12(10)17(15)23)19-21-13-5-4-11(20)7-16(13)27-19;7-5-6-3-1-2-4-8-6;/h3-11,20H,12-14H2,1-2H3;2*2-10,19H,11-13H2,1H3,(H,29,30);3-7,14,23H,8-9H2,1-2H3;1-4H,5H2;1H/t20-;2*19-;14-;;/m0000../s1. The Morgan fingerprint density at radius 2 is 0.640 bits per heavy atom. The first kappa shape index (κ1) is 94.7. The van der Waals surface area contributed by atoms with E-state index in [1.54, 1.807) is 69.7 Å². The van der Waals surface area contributed by atoms with Crippen molar-refractivity contribution in [3.8, 4) is 46.0 Å². The fraction of sp³-hybridized carbons (Fsp3) is 0.224. The minimum atomic E-state index is -1.03. The van der Waals surface area contributed by atoms with Gasteiger partial charge in [-0.15, -0.1) is 24.0 Å². The fourth-order valence-electron chi connectivity index (χ4n) is 15.9. The Kier molecular flexibility index (Phi) is 29.7. The summed E-state index contributed by atoms with van der Waals surface area (Å²) in [5.41, 5.74) is 12.6. The van der Waals surface area contributed by atoms with Gasteiger partial charge in [0.2, 0.25) is 0 Å². The van der Waals surface area contributed by atoms with Gasteiger partial charge in [-0.2, -0.15) is 19.9 Å². The molecule has 0 aliphatic carbocycles. The lowest BCUT2D eigenvalue weighted by molar-refractivity contribution is -0.143. The number of pyridine rings is 4. The summed E-state index contributed by atoms with van der Waals surface area (Å²) in [6.45, 7) is 1.71. The van der Waals surface area contributed by atoms with Crippen molar-refractivity contribution >= 4 is 116 Å². The Labute approximate surface area is 783 Å². The minimum absolute atomic E-state index is 0. The van der Waals surface area contributed by atoms with Crippen LogP contribution in [0.15, 0.2) is 237 Å². The third-order valence-electron chi connectivity index (χ3n) is 22.6. The quantitative estimate of drug-likeness (QED) is 0.0322. The van der Waals surface area contributed by atoms with Crippen LogP contribution in [0.3, 0.4) is 0 Å². The average molecular weight is 1900 g/mol. The number of carboxylic acid groups (broad SMARTS) is 2. The van der Waals surface area contributed by atoms with Gasteiger partial charge in [-0.05, 0) is 144 Å². The van der Waals surface area contributed by atoms with E-state index in [1.807, 2.05) is 103 Å². The summed E-state index contributed by atoms with van der Waals surface area (Å²) >= 11 is 5.46. The van der Waals surface area contributed by atoms with Crippen LogP contribution in [0.5, 0.6) is 46.0 Å². The summed E-state index contributed by atoms with van der Waals surface area (Å²) in [7, 11) is 8.74. The van der Waals surface area contributed by atoms with Gasteiger partial charge in [0, 0.05) is 123 Å². The number of aromatic nitrogens is 8. The average Bonchev–Trinajstić information content (AvgIpc) is 1.31. The normalized spacial score (nSPS) is 15.0. The van der Waals surface area contributed by atoms with E-state index >= 15 is 0 Å². The number of carbonyl (C=O) groups excluding carboxylic acids is 2. The first-order valence-electron chi connectivity index (χ1n) is 42.0. The minimum Gasteiger partial charge on any atom is -0.504 e. The number of hydrogen-bond acceptors (Lipinski definition) is 30. The molecule has 8 aromatic carbocycles. The van der Waals surface area contributed by atoms with Crippen LogP contribution >= 0.6 is 24.0 Å². The molecule has 20 rings (SSSR count). The highest BCUT2D eigenvalue weighted by atomic mass is 35.5. The first-order chi connectivity index (χ1) is 65.6. The highest BCUT2D eigenvalue weighted by Gasteiger charge is 2.42. The van der Waals surface area contributed by atoms with Crippen LogP contribution in [0.4, 0.5) is 41.6 Å². The lowest BCUT2D eigenvalue weighted by Gasteiger charge is -2.35. The van der Waals surface area contributed by atoms with E-state index in [-0.39, 0.29) is 124 Å². The molecule has 0 radical (unpaired) electrons. The number of rotatable bonds is 22. The number of benzene rings is 8. The number of phenols is 1. The summed E-state index contributed by atoms with van der Waals surface area (Å²) in [6.07, 6.45) is 7.56. The molecule has 0 saturated heterocycles. The van der Waals surface area contributed by atoms with Gasteiger partial charge < -0.3 is 95.2 Å². The van der Waals surface area contributed by atoms with Crippen molar-refractivity contribution in [3.63, 3.8) is 0 Å². The monoisotopic (exact) mass is 1900 g/mol. The number of phenolic OH excluding ortho intramolecular Hbond substituents is 1. The third-order valence-corrected chi connectivity index (χ3v) is 22.9. The zero-order chi connectivity index (χ0) is 94.5. The molecular weight excluding hydrogens is 1810 g/mol. The first-order valence-corrected chi connectivity index (χ1v) is 42.5. The fourth-order valence-corrected chi connectivity index (χ4v) is 16.1. The predicted octanol–water partition coefficient (Wildman–Crippen LogP) is 17.0. The number of anilines is 4. The Hall–Kier alpha value is -16.0. The molecule has 4 aliphatic rings. The smallest absolute Gasteiger partial charge is 0.329 e. The zero-order valence-electron chi connectivity index (χ0n) is 73.5. The molecule has 16 aromatic rings. The van der Waals surface area contributed by atoms with Crippen molar-refractivity contribution in [2.45, 2.75) is 102 Å². The van der Waals surface area contributed by atoms with Crippen molar-refractivity contribution in [2.24, 2.45) is 0 Å². The number of ether oxygens (including phenoxy) is 9. The molecule has 12 heterocycles. The number of oxazole rings is 4. The van der Waals surface area contributed by atoms with Crippen LogP contribution in [0.1, 0.15) is 67.3 Å². The molecule has 700 valence electrons. The molecule has 0 fully saturated rings. The molecule has 0 bridgehead atoms. The molecule has 8 aromatic heterocycles. The molecule has 4 aliphatic heterocycles. The van der Waals surface area contributed by atoms with Gasteiger partial charge in [0.05, 0.1) is 71.3 Å². The van der Waals surface area contributed by atoms with Crippen LogP contribution in [-0.4, -0.2) is 146 Å². The van der Waals surface area contributed by atoms with E-state index in [0.29, 0.717) is 85.9 Å². The number of hydrogen-bond donors (Lipinski definition) is 3. The van der Waals surface area contributed by atoms with E-state index < -0.39 is 71.3 Å². The Morgan fingerprint density at radius 1 is 0.368 bits per heavy atom. The van der Waals surface area contributed by atoms with Crippen LogP contribution in [0, 0.1) is 23.3 Å². The van der Waals surface area contributed by atoms with Crippen molar-refractivity contribution in [3.05, 3.63) is 309 Å². The molecule has 0 saturated carbocycles. The number of fused-ring (bicyclic) bond motifs is 8. The second kappa shape index (κ2) is 42.7. The lowest BCUT2D eigenvalue weighted by atomic mass is 9.92. The van der Waals surface area contributed by atoms with Crippen LogP contribution in [-0.2, 0) is 106 Å². The van der Waals surface area contributed by atoms with E-state index in [4.69, 9.17) is 71.9 Å². The second-order valence-corrected chi connectivity index (χ2v) is 31.1. The molecule has 4 atom stereocenters. The summed E-state index contributed by atoms with van der Waals surface area (Å²) in [5, 5.41) is 30.4. The van der Waals surface area contributed by atoms with Gasteiger partial charge in [0.15, 0.2) is 68.3 Å². The molecule has 0 unspecified atom stereocenters. The van der Waals surface area contributed by atoms with Gasteiger partial charge in [0.1, 0.15) is 89.3 Å². The van der Waals surface area contributed by atoms with E-state index in [9.17, 15) is 52.1 Å². The van der Waals surface area contributed by atoms with Gasteiger partial charge in [0.25, 0.3) is 24.1 Å². The number of aromatic hydroxyl groups is 1. The maximum atomic E-state index is 13.7. The van der Waals surface area contributed by atoms with Gasteiger partial charge in [-0.3, -0.25) is 19.9 Å². The number of carboxylic acids is 2. The summed E-state index contributed by atoms with van der Waals surface area (Å²) in [6, 6.07) is 50.4. The molecule has 38 heteroatoms. The lowest BCUT2D eigenvalue weighted by Crippen LogP contribution is -2.46. The van der Waals surface area contributed by atoms with Crippen molar-refractivity contribution in [1.82, 2.24) is 39.9 Å². The summed E-state index contributed by atoms with van der Waals surface area (Å²) in [5.74, 6) is -0.807. The Morgan fingerprint density at radius 3 is 0.904 bits per heavy atom. The number of nitrogens with zero attached hydrogens (tertiary/aromatic N) is 12. The van der Waals surface area contributed by atoms with Crippen molar-refractivity contribution < 1.29 is 112 Å². The van der Waals surface area contributed by atoms with Gasteiger partial charge in [-0.25, -0.2) is 36.7 Å². The number of halogens is 6. The second-order valence-electron chi connectivity index (χ2n) is 30.8. The maximum Gasteiger partial charge on any atom is 0.329 e. The maximum absolute atomic E-state index is 13.7. The number of methoxy groups -OCH3 is 6. The van der Waals surface area contributed by atoms with Crippen LogP contribution < -0.4 is 52.8 Å². The summed E-state index contributed by atoms with van der Waals surface area (Å²) < 4.78 is 127. The Balaban J connectivity index is 0.000000134. The number of carbonyl (C=O) groups is 4. The SMILES string of the molecule is COC(=O)[C@@H]1Cc2c(ccc(OC)c2O)CN1c1nc2ccc(F)cc2o1.COC(=O)[C@@H]1Cc2c(ccc(OC)c2OCc2ccccn2)CN1c1nc2ccc(F)cc2o1.COc1ccc2c(c1OCc1ccccn1)C[C@@H](C(=O)O)N(c1nc3ccc(F)cc3o1)C2.COc1ccc2c(c1OCc1ccccn1)C[C@@H](C(=O)O)N(c1nc3ccc(F)cc3o1)C2.Cl.ClCc1ccccn1. The largest absolute Gasteiger partial charge is 0.504 e. The number of esters is 2. The van der Waals surface area contributed by atoms with Crippen LogP contribution in [0.25, 0.3) is 44.4 Å². The zero-order valence-corrected chi connectivity index (χ0v) is 75.1. The molecule has 3 N–H and O–H groups in total. The molecular formula is C98H86Cl2F4N12O20. The number of aliphatic carboxylic acids is 2. The van der Waals surface area contributed by atoms with Crippen LogP contribution in [0.2, 0.25) is 0 Å². The molecule has 0 amide bonds. The van der Waals surface area contributed by atoms with Crippen molar-refractivity contribution in [2.75, 3.05) is 62.3 Å². The molecule has 0 spiro atoms. The van der Waals surface area contributed by atoms with Crippen molar-refractivity contribution in [1.29, 1.82) is 0 Å². The topological polar surface area (TPSA) is 381 Å². The number of alkyl halides is 1. The predicted molar refractivity (Wildman–Crippen MR) is 490 cm³/mol. The molecule has 32 nitrogen and oxygen atoms in total. The summed E-state index contributed by atoms with van der Waals surface area (Å²) in [4.78, 5) is 90.5. The van der Waals surface area contributed by atoms with E-state index in [2.05, 4.69) is 39.9 Å². The highest BCUT2D eigenvalue weighted by Crippen LogP contribution is 2.46. The highest BCUT2D eigenvalue weighted by molar-refractivity contribution is 6.16. The van der Waals surface area contributed by atoms with E-state index in [1.165, 1.54) is 108 Å².